The Bertz CT molecular complexity index is 394. The molecule has 0 fully saturated rings. The van der Waals surface area contributed by atoms with Gasteiger partial charge in [0.15, 0.2) is 11.5 Å². The highest BCUT2D eigenvalue weighted by atomic mass is 16.7. The highest BCUT2D eigenvalue weighted by molar-refractivity contribution is 5.89. The topological polar surface area (TPSA) is 79.8 Å². The lowest BCUT2D eigenvalue weighted by atomic mass is 10.3. The van der Waals surface area contributed by atoms with E-state index in [1.807, 2.05) is 0 Å². The summed E-state index contributed by atoms with van der Waals surface area (Å²) in [4.78, 5) is 11.3. The molecule has 0 bridgehead atoms. The number of benzene rings is 1. The molecule has 0 unspecified atom stereocenters. The number of aliphatic hydroxyl groups is 1. The number of carbonyl (C=O) groups excluding carboxylic acids is 1. The van der Waals surface area contributed by atoms with Gasteiger partial charge in [-0.05, 0) is 12.1 Å². The van der Waals surface area contributed by atoms with Crippen molar-refractivity contribution in [3.8, 4) is 11.5 Å². The number of anilines is 1. The first kappa shape index (κ1) is 10.6. The van der Waals surface area contributed by atoms with Crippen LogP contribution in [0.5, 0.6) is 11.5 Å². The van der Waals surface area contributed by atoms with Crippen LogP contribution in [0.15, 0.2) is 18.2 Å². The van der Waals surface area contributed by atoms with E-state index in [0.29, 0.717) is 17.2 Å². The molecule has 0 aromatic heterocycles. The minimum Gasteiger partial charge on any atom is -0.454 e. The standard InChI is InChI=1S/C10H12N2O4/c13-4-3-11-10(14)12-7-1-2-8-9(5-7)16-6-15-8/h1-2,5,13H,3-4,6H2,(H2,11,12,14). The van der Waals surface area contributed by atoms with Crippen LogP contribution in [-0.4, -0.2) is 31.1 Å². The summed E-state index contributed by atoms with van der Waals surface area (Å²) in [5, 5.41) is 13.6. The first-order chi connectivity index (χ1) is 7.79. The van der Waals surface area contributed by atoms with Gasteiger partial charge in [0.25, 0.3) is 0 Å². The molecule has 86 valence electrons. The molecule has 1 aromatic carbocycles. The van der Waals surface area contributed by atoms with E-state index in [1.165, 1.54) is 0 Å². The maximum absolute atomic E-state index is 11.3. The van der Waals surface area contributed by atoms with E-state index in [4.69, 9.17) is 14.6 Å². The summed E-state index contributed by atoms with van der Waals surface area (Å²) >= 11 is 0. The molecular formula is C10H12N2O4. The third-order valence-corrected chi connectivity index (χ3v) is 2.03. The van der Waals surface area contributed by atoms with E-state index in [2.05, 4.69) is 10.6 Å². The third-order valence-electron chi connectivity index (χ3n) is 2.03. The number of urea groups is 1. The molecule has 2 rings (SSSR count). The fourth-order valence-electron chi connectivity index (χ4n) is 1.32. The normalized spacial score (nSPS) is 12.3. The van der Waals surface area contributed by atoms with Crippen LogP contribution in [0.3, 0.4) is 0 Å². The van der Waals surface area contributed by atoms with Crippen molar-refractivity contribution < 1.29 is 19.4 Å². The van der Waals surface area contributed by atoms with E-state index >= 15 is 0 Å². The van der Waals surface area contributed by atoms with Gasteiger partial charge in [-0.3, -0.25) is 0 Å². The largest absolute Gasteiger partial charge is 0.454 e. The maximum atomic E-state index is 11.3. The van der Waals surface area contributed by atoms with Crippen LogP contribution in [0, 0.1) is 0 Å². The number of carbonyl (C=O) groups is 1. The zero-order valence-electron chi connectivity index (χ0n) is 8.53. The first-order valence-electron chi connectivity index (χ1n) is 4.85. The summed E-state index contributed by atoms with van der Waals surface area (Å²) < 4.78 is 10.3. The molecule has 1 aromatic rings. The van der Waals surface area contributed by atoms with Crippen molar-refractivity contribution in [3.63, 3.8) is 0 Å². The van der Waals surface area contributed by atoms with Crippen LogP contribution < -0.4 is 20.1 Å². The number of hydrogen-bond acceptors (Lipinski definition) is 4. The van der Waals surface area contributed by atoms with Crippen LogP contribution in [-0.2, 0) is 0 Å². The number of rotatable bonds is 3. The lowest BCUT2D eigenvalue weighted by Gasteiger charge is -2.06. The summed E-state index contributed by atoms with van der Waals surface area (Å²) in [7, 11) is 0. The summed E-state index contributed by atoms with van der Waals surface area (Å²) in [5.41, 5.74) is 0.611. The van der Waals surface area contributed by atoms with Crippen LogP contribution in [0.25, 0.3) is 0 Å². The fourth-order valence-corrected chi connectivity index (χ4v) is 1.32. The Kier molecular flexibility index (Phi) is 3.11. The molecule has 6 nitrogen and oxygen atoms in total. The van der Waals surface area contributed by atoms with Crippen molar-refractivity contribution in [2.45, 2.75) is 0 Å². The quantitative estimate of drug-likeness (QED) is 0.699. The molecule has 1 aliphatic rings. The Hall–Kier alpha value is -1.95. The Morgan fingerprint density at radius 2 is 2.19 bits per heavy atom. The van der Waals surface area contributed by atoms with E-state index in [9.17, 15) is 4.79 Å². The lowest BCUT2D eigenvalue weighted by Crippen LogP contribution is -2.30. The van der Waals surface area contributed by atoms with Gasteiger partial charge in [-0.1, -0.05) is 0 Å². The second-order valence-electron chi connectivity index (χ2n) is 3.17. The second kappa shape index (κ2) is 4.71. The molecule has 1 heterocycles. The van der Waals surface area contributed by atoms with Crippen molar-refractivity contribution in [2.75, 3.05) is 25.3 Å². The van der Waals surface area contributed by atoms with Crippen LogP contribution in [0.4, 0.5) is 10.5 Å². The molecule has 0 aliphatic carbocycles. The van der Waals surface area contributed by atoms with Gasteiger partial charge in [0.2, 0.25) is 6.79 Å². The van der Waals surface area contributed by atoms with Crippen molar-refractivity contribution >= 4 is 11.7 Å². The van der Waals surface area contributed by atoms with Gasteiger partial charge in [0, 0.05) is 18.3 Å². The molecule has 0 saturated heterocycles. The molecule has 16 heavy (non-hydrogen) atoms. The predicted octanol–water partition coefficient (Wildman–Crippen LogP) is 0.529. The van der Waals surface area contributed by atoms with Gasteiger partial charge in [-0.15, -0.1) is 0 Å². The van der Waals surface area contributed by atoms with Gasteiger partial charge in [-0.2, -0.15) is 0 Å². The number of amides is 2. The molecular weight excluding hydrogens is 212 g/mol. The highest BCUT2D eigenvalue weighted by Crippen LogP contribution is 2.34. The molecule has 0 spiro atoms. The molecule has 6 heteroatoms. The molecule has 0 saturated carbocycles. The van der Waals surface area contributed by atoms with Gasteiger partial charge in [-0.25, -0.2) is 4.79 Å². The minimum absolute atomic E-state index is 0.0887. The molecule has 3 N–H and O–H groups in total. The first-order valence-corrected chi connectivity index (χ1v) is 4.85. The van der Waals surface area contributed by atoms with E-state index in [-0.39, 0.29) is 26.0 Å². The van der Waals surface area contributed by atoms with Gasteiger partial charge < -0.3 is 25.2 Å². The van der Waals surface area contributed by atoms with E-state index in [0.717, 1.165) is 0 Å². The minimum atomic E-state index is -0.368. The van der Waals surface area contributed by atoms with Gasteiger partial charge in [0.1, 0.15) is 0 Å². The maximum Gasteiger partial charge on any atom is 0.319 e. The average Bonchev–Trinajstić information content (AvgIpc) is 2.73. The summed E-state index contributed by atoms with van der Waals surface area (Å²) in [6.07, 6.45) is 0. The van der Waals surface area contributed by atoms with E-state index in [1.54, 1.807) is 18.2 Å². The Morgan fingerprint density at radius 3 is 3.00 bits per heavy atom. The number of ether oxygens (including phenoxy) is 2. The van der Waals surface area contributed by atoms with Crippen LogP contribution >= 0.6 is 0 Å². The Morgan fingerprint density at radius 1 is 1.38 bits per heavy atom. The molecule has 0 radical (unpaired) electrons. The number of aliphatic hydroxyl groups excluding tert-OH is 1. The number of nitrogens with one attached hydrogen (secondary N) is 2. The monoisotopic (exact) mass is 224 g/mol. The van der Waals surface area contributed by atoms with Gasteiger partial charge in [0.05, 0.1) is 6.61 Å². The van der Waals surface area contributed by atoms with Crippen molar-refractivity contribution in [3.05, 3.63) is 18.2 Å². The molecule has 0 atom stereocenters. The lowest BCUT2D eigenvalue weighted by molar-refractivity contribution is 0.174. The predicted molar refractivity (Wildman–Crippen MR) is 56.7 cm³/mol. The molecule has 1 aliphatic heterocycles. The number of hydrogen-bond donors (Lipinski definition) is 3. The summed E-state index contributed by atoms with van der Waals surface area (Å²) in [6, 6.07) is 4.75. The average molecular weight is 224 g/mol. The summed E-state index contributed by atoms with van der Waals surface area (Å²) in [5.74, 6) is 1.28. The smallest absolute Gasteiger partial charge is 0.319 e. The van der Waals surface area contributed by atoms with Crippen LogP contribution in [0.2, 0.25) is 0 Å². The zero-order chi connectivity index (χ0) is 11.4. The third kappa shape index (κ3) is 2.34. The SMILES string of the molecule is O=C(NCCO)Nc1ccc2c(c1)OCO2. The zero-order valence-corrected chi connectivity index (χ0v) is 8.53. The van der Waals surface area contributed by atoms with Crippen molar-refractivity contribution in [1.29, 1.82) is 0 Å². The van der Waals surface area contributed by atoms with Gasteiger partial charge >= 0.3 is 6.03 Å². The molecule has 2 amide bonds. The highest BCUT2D eigenvalue weighted by Gasteiger charge is 2.13. The second-order valence-corrected chi connectivity index (χ2v) is 3.17. The Labute approximate surface area is 92.2 Å². The van der Waals surface area contributed by atoms with E-state index < -0.39 is 0 Å². The summed E-state index contributed by atoms with van der Waals surface area (Å²) in [6.45, 7) is 0.334. The van der Waals surface area contributed by atoms with Crippen LogP contribution in [0.1, 0.15) is 0 Å². The Balaban J connectivity index is 1.97. The van der Waals surface area contributed by atoms with Crippen molar-refractivity contribution in [2.24, 2.45) is 0 Å². The van der Waals surface area contributed by atoms with Crippen molar-refractivity contribution in [1.82, 2.24) is 5.32 Å². The fraction of sp³-hybridized carbons (Fsp3) is 0.300. The number of fused-ring (bicyclic) bond motifs is 1.